The molecule has 0 aliphatic heterocycles. The summed E-state index contributed by atoms with van der Waals surface area (Å²) in [6, 6.07) is 4.16. The van der Waals surface area contributed by atoms with Gasteiger partial charge in [0.25, 0.3) is 5.88 Å². The molecule has 0 saturated heterocycles. The molecular formula is C11H7ClF2N2O. The SMILES string of the molecule is Fc1cc(Cl)ccc1COc1ncncc1F. The van der Waals surface area contributed by atoms with Gasteiger partial charge in [-0.15, -0.1) is 0 Å². The Balaban J connectivity index is 2.10. The quantitative estimate of drug-likeness (QED) is 0.847. The molecule has 0 amide bonds. The van der Waals surface area contributed by atoms with Gasteiger partial charge < -0.3 is 4.74 Å². The van der Waals surface area contributed by atoms with Crippen LogP contribution in [0.1, 0.15) is 5.56 Å². The van der Waals surface area contributed by atoms with Crippen LogP contribution in [0.15, 0.2) is 30.7 Å². The minimum atomic E-state index is -0.693. The maximum atomic E-state index is 13.4. The summed E-state index contributed by atoms with van der Waals surface area (Å²) < 4.78 is 31.5. The van der Waals surface area contributed by atoms with E-state index in [2.05, 4.69) is 9.97 Å². The fraction of sp³-hybridized carbons (Fsp3) is 0.0909. The van der Waals surface area contributed by atoms with Crippen LogP contribution in [0.2, 0.25) is 5.02 Å². The van der Waals surface area contributed by atoms with Crippen LogP contribution in [-0.4, -0.2) is 9.97 Å². The van der Waals surface area contributed by atoms with E-state index in [1.165, 1.54) is 12.1 Å². The standard InChI is InChI=1S/C11H7ClF2N2O/c12-8-2-1-7(9(13)3-8)5-17-11-10(14)4-15-6-16-11/h1-4,6H,5H2. The van der Waals surface area contributed by atoms with E-state index in [0.717, 1.165) is 18.6 Å². The minimum Gasteiger partial charge on any atom is -0.471 e. The molecule has 0 saturated carbocycles. The molecule has 1 aromatic heterocycles. The summed E-state index contributed by atoms with van der Waals surface area (Å²) in [7, 11) is 0. The monoisotopic (exact) mass is 256 g/mol. The molecule has 1 heterocycles. The average molecular weight is 257 g/mol. The van der Waals surface area contributed by atoms with Gasteiger partial charge in [-0.25, -0.2) is 9.37 Å². The summed E-state index contributed by atoms with van der Waals surface area (Å²) in [5, 5.41) is 0.291. The van der Waals surface area contributed by atoms with Crippen molar-refractivity contribution in [2.24, 2.45) is 0 Å². The molecule has 0 spiro atoms. The third-order valence-electron chi connectivity index (χ3n) is 2.01. The molecule has 0 aliphatic rings. The summed E-state index contributed by atoms with van der Waals surface area (Å²) in [6.45, 7) is -0.128. The second-order valence-corrected chi connectivity index (χ2v) is 3.64. The fourth-order valence-corrected chi connectivity index (χ4v) is 1.35. The average Bonchev–Trinajstić information content (AvgIpc) is 2.30. The molecule has 1 aromatic carbocycles. The number of halogens is 3. The molecule has 0 radical (unpaired) electrons. The van der Waals surface area contributed by atoms with Crippen LogP contribution in [0.4, 0.5) is 8.78 Å². The highest BCUT2D eigenvalue weighted by atomic mass is 35.5. The van der Waals surface area contributed by atoms with Gasteiger partial charge in [-0.05, 0) is 12.1 Å². The van der Waals surface area contributed by atoms with Gasteiger partial charge in [-0.1, -0.05) is 17.7 Å². The molecule has 2 rings (SSSR count). The molecule has 0 bridgehead atoms. The maximum Gasteiger partial charge on any atom is 0.253 e. The minimum absolute atomic E-state index is 0.128. The summed E-state index contributed by atoms with van der Waals surface area (Å²) >= 11 is 5.60. The highest BCUT2D eigenvalue weighted by molar-refractivity contribution is 6.30. The molecular weight excluding hydrogens is 250 g/mol. The first-order valence-corrected chi connectivity index (χ1v) is 5.07. The number of nitrogens with zero attached hydrogens (tertiary/aromatic N) is 2. The highest BCUT2D eigenvalue weighted by Gasteiger charge is 2.07. The van der Waals surface area contributed by atoms with Crippen molar-refractivity contribution < 1.29 is 13.5 Å². The van der Waals surface area contributed by atoms with Crippen LogP contribution in [-0.2, 0) is 6.61 Å². The Kier molecular flexibility index (Phi) is 3.49. The molecule has 0 unspecified atom stereocenters. The Bertz CT molecular complexity index is 537. The van der Waals surface area contributed by atoms with E-state index < -0.39 is 11.6 Å². The Labute approximate surface area is 101 Å². The zero-order valence-electron chi connectivity index (χ0n) is 8.53. The number of hydrogen-bond donors (Lipinski definition) is 0. The predicted molar refractivity (Wildman–Crippen MR) is 57.7 cm³/mol. The van der Waals surface area contributed by atoms with Crippen LogP contribution in [0.25, 0.3) is 0 Å². The molecule has 2 aromatic rings. The smallest absolute Gasteiger partial charge is 0.253 e. The fourth-order valence-electron chi connectivity index (χ4n) is 1.19. The van der Waals surface area contributed by atoms with Crippen molar-refractivity contribution in [2.75, 3.05) is 0 Å². The van der Waals surface area contributed by atoms with Crippen LogP contribution >= 0.6 is 11.6 Å². The van der Waals surface area contributed by atoms with E-state index in [0.29, 0.717) is 5.02 Å². The third-order valence-corrected chi connectivity index (χ3v) is 2.25. The Morgan fingerprint density at radius 2 is 2.06 bits per heavy atom. The zero-order valence-corrected chi connectivity index (χ0v) is 9.29. The second-order valence-electron chi connectivity index (χ2n) is 3.20. The topological polar surface area (TPSA) is 35.0 Å². The lowest BCUT2D eigenvalue weighted by atomic mass is 10.2. The first-order chi connectivity index (χ1) is 8.16. The maximum absolute atomic E-state index is 13.4. The van der Waals surface area contributed by atoms with Crippen molar-refractivity contribution in [1.82, 2.24) is 9.97 Å². The van der Waals surface area contributed by atoms with Gasteiger partial charge in [0.2, 0.25) is 5.82 Å². The van der Waals surface area contributed by atoms with Crippen LogP contribution < -0.4 is 4.74 Å². The van der Waals surface area contributed by atoms with Gasteiger partial charge in [0.1, 0.15) is 18.8 Å². The summed E-state index contributed by atoms with van der Waals surface area (Å²) in [5.74, 6) is -1.41. The molecule has 0 aliphatic carbocycles. The lowest BCUT2D eigenvalue weighted by molar-refractivity contribution is 0.271. The van der Waals surface area contributed by atoms with E-state index >= 15 is 0 Å². The van der Waals surface area contributed by atoms with Gasteiger partial charge in [-0.2, -0.15) is 9.37 Å². The molecule has 6 heteroatoms. The summed E-state index contributed by atoms with van der Waals surface area (Å²) in [6.07, 6.45) is 2.12. The van der Waals surface area contributed by atoms with E-state index in [-0.39, 0.29) is 18.1 Å². The highest BCUT2D eigenvalue weighted by Crippen LogP contribution is 2.17. The van der Waals surface area contributed by atoms with E-state index in [4.69, 9.17) is 16.3 Å². The van der Waals surface area contributed by atoms with Crippen molar-refractivity contribution in [3.8, 4) is 5.88 Å². The number of hydrogen-bond acceptors (Lipinski definition) is 3. The van der Waals surface area contributed by atoms with Crippen molar-refractivity contribution >= 4 is 11.6 Å². The molecule has 0 N–H and O–H groups in total. The summed E-state index contributed by atoms with van der Waals surface area (Å²) in [4.78, 5) is 7.06. The Hall–Kier alpha value is -1.75. The number of rotatable bonds is 3. The van der Waals surface area contributed by atoms with Gasteiger partial charge in [0.05, 0.1) is 6.20 Å². The van der Waals surface area contributed by atoms with Crippen molar-refractivity contribution in [2.45, 2.75) is 6.61 Å². The van der Waals surface area contributed by atoms with Crippen molar-refractivity contribution in [1.29, 1.82) is 0 Å². The first kappa shape index (κ1) is 11.7. The molecule has 0 fully saturated rings. The van der Waals surface area contributed by atoms with Crippen LogP contribution in [0, 0.1) is 11.6 Å². The first-order valence-electron chi connectivity index (χ1n) is 4.69. The lowest BCUT2D eigenvalue weighted by Gasteiger charge is -2.06. The van der Waals surface area contributed by atoms with Gasteiger partial charge >= 0.3 is 0 Å². The Morgan fingerprint density at radius 1 is 1.24 bits per heavy atom. The van der Waals surface area contributed by atoms with Gasteiger partial charge in [-0.3, -0.25) is 0 Å². The second kappa shape index (κ2) is 5.05. The van der Waals surface area contributed by atoms with Gasteiger partial charge in [0, 0.05) is 10.6 Å². The number of ether oxygens (including phenoxy) is 1. The largest absolute Gasteiger partial charge is 0.471 e. The molecule has 0 atom stereocenters. The molecule has 88 valence electrons. The normalized spacial score (nSPS) is 10.3. The van der Waals surface area contributed by atoms with Crippen molar-refractivity contribution in [3.05, 3.63) is 52.9 Å². The zero-order chi connectivity index (χ0) is 12.3. The number of benzene rings is 1. The summed E-state index contributed by atoms with van der Waals surface area (Å²) in [5.41, 5.74) is 0.271. The van der Waals surface area contributed by atoms with E-state index in [9.17, 15) is 8.78 Å². The van der Waals surface area contributed by atoms with Crippen LogP contribution in [0.3, 0.4) is 0 Å². The molecule has 3 nitrogen and oxygen atoms in total. The van der Waals surface area contributed by atoms with E-state index in [1.54, 1.807) is 0 Å². The van der Waals surface area contributed by atoms with Crippen LogP contribution in [0.5, 0.6) is 5.88 Å². The van der Waals surface area contributed by atoms with Crippen molar-refractivity contribution in [3.63, 3.8) is 0 Å². The molecule has 17 heavy (non-hydrogen) atoms. The third kappa shape index (κ3) is 2.88. The van der Waals surface area contributed by atoms with Gasteiger partial charge in [0.15, 0.2) is 0 Å². The lowest BCUT2D eigenvalue weighted by Crippen LogP contribution is -2.01. The van der Waals surface area contributed by atoms with E-state index in [1.807, 2.05) is 0 Å². The predicted octanol–water partition coefficient (Wildman–Crippen LogP) is 2.99. The number of aromatic nitrogens is 2. The Morgan fingerprint density at radius 3 is 2.76 bits per heavy atom.